The molecule has 0 aliphatic rings. The molecule has 0 unspecified atom stereocenters. The second-order valence-electron chi connectivity index (χ2n) is 5.04. The molecule has 0 amide bonds. The van der Waals surface area contributed by atoms with Gasteiger partial charge in [0.1, 0.15) is 11.3 Å². The lowest BCUT2D eigenvalue weighted by Crippen LogP contribution is -1.99. The summed E-state index contributed by atoms with van der Waals surface area (Å²) in [5, 5.41) is 12.6. The summed E-state index contributed by atoms with van der Waals surface area (Å²) in [6.45, 7) is 2.14. The molecule has 5 nitrogen and oxygen atoms in total. The highest BCUT2D eigenvalue weighted by atomic mass is 16.3. The Morgan fingerprint density at radius 3 is 2.86 bits per heavy atom. The Bertz CT molecular complexity index is 779. The molecular weight excluding hydrogens is 264 g/mol. The van der Waals surface area contributed by atoms with E-state index in [9.17, 15) is 5.11 Å². The number of aromatic nitrogens is 3. The smallest absolute Gasteiger partial charge is 0.132 e. The summed E-state index contributed by atoms with van der Waals surface area (Å²) in [6, 6.07) is 7.93. The van der Waals surface area contributed by atoms with Crippen molar-refractivity contribution >= 4 is 22.5 Å². The fraction of sp³-hybridized carbons (Fsp3) is 0.250. The summed E-state index contributed by atoms with van der Waals surface area (Å²) >= 11 is 0. The molecule has 0 saturated heterocycles. The van der Waals surface area contributed by atoms with Crippen LogP contribution in [-0.4, -0.2) is 19.6 Å². The van der Waals surface area contributed by atoms with E-state index in [1.54, 1.807) is 12.5 Å². The van der Waals surface area contributed by atoms with Crippen LogP contribution in [0.2, 0.25) is 0 Å². The first-order valence-electron chi connectivity index (χ1n) is 6.98. The van der Waals surface area contributed by atoms with Crippen molar-refractivity contribution in [2.24, 2.45) is 7.05 Å². The first kappa shape index (κ1) is 13.6. The molecule has 0 atom stereocenters. The zero-order chi connectivity index (χ0) is 14.8. The van der Waals surface area contributed by atoms with Gasteiger partial charge in [0.25, 0.3) is 0 Å². The monoisotopic (exact) mass is 282 g/mol. The van der Waals surface area contributed by atoms with Gasteiger partial charge in [-0.1, -0.05) is 19.1 Å². The van der Waals surface area contributed by atoms with Gasteiger partial charge < -0.3 is 15.0 Å². The lowest BCUT2D eigenvalue weighted by atomic mass is 10.1. The summed E-state index contributed by atoms with van der Waals surface area (Å²) < 4.78 is 1.97. The SMILES string of the molecule is CCc1ccc(CO)cc1Nc1cc2c(cn1)ncn2C. The molecule has 3 aromatic rings. The molecule has 0 spiro atoms. The third-order valence-corrected chi connectivity index (χ3v) is 3.61. The summed E-state index contributed by atoms with van der Waals surface area (Å²) in [7, 11) is 1.96. The number of nitrogens with zero attached hydrogens (tertiary/aromatic N) is 3. The summed E-state index contributed by atoms with van der Waals surface area (Å²) in [5.74, 6) is 0.774. The van der Waals surface area contributed by atoms with Crippen LogP contribution in [0.4, 0.5) is 11.5 Å². The number of hydrogen-bond donors (Lipinski definition) is 2. The van der Waals surface area contributed by atoms with E-state index in [2.05, 4.69) is 22.2 Å². The number of rotatable bonds is 4. The number of pyridine rings is 1. The first-order chi connectivity index (χ1) is 10.2. The van der Waals surface area contributed by atoms with E-state index >= 15 is 0 Å². The van der Waals surface area contributed by atoms with Gasteiger partial charge in [0, 0.05) is 18.8 Å². The largest absolute Gasteiger partial charge is 0.392 e. The molecule has 0 bridgehead atoms. The molecule has 5 heteroatoms. The molecule has 0 radical (unpaired) electrons. The van der Waals surface area contributed by atoms with Crippen LogP contribution in [0.15, 0.2) is 36.8 Å². The molecule has 108 valence electrons. The number of imidazole rings is 1. The minimum absolute atomic E-state index is 0.0346. The van der Waals surface area contributed by atoms with Crippen LogP contribution in [0.1, 0.15) is 18.1 Å². The normalized spacial score (nSPS) is 11.0. The van der Waals surface area contributed by atoms with Crippen molar-refractivity contribution in [1.29, 1.82) is 0 Å². The highest BCUT2D eigenvalue weighted by molar-refractivity contribution is 5.78. The third kappa shape index (κ3) is 2.60. The topological polar surface area (TPSA) is 63.0 Å². The van der Waals surface area contributed by atoms with Crippen LogP contribution in [0, 0.1) is 0 Å². The average molecular weight is 282 g/mol. The molecule has 1 aromatic carbocycles. The summed E-state index contributed by atoms with van der Waals surface area (Å²) in [5.41, 5.74) is 4.97. The molecule has 2 N–H and O–H groups in total. The van der Waals surface area contributed by atoms with Crippen molar-refractivity contribution in [3.05, 3.63) is 47.9 Å². The van der Waals surface area contributed by atoms with Crippen molar-refractivity contribution in [3.63, 3.8) is 0 Å². The van der Waals surface area contributed by atoms with Gasteiger partial charge in [-0.3, -0.25) is 0 Å². The van der Waals surface area contributed by atoms with Gasteiger partial charge in [-0.2, -0.15) is 0 Å². The van der Waals surface area contributed by atoms with E-state index < -0.39 is 0 Å². The molecular formula is C16H18N4O. The predicted molar refractivity (Wildman–Crippen MR) is 83.5 cm³/mol. The second-order valence-corrected chi connectivity index (χ2v) is 5.04. The van der Waals surface area contributed by atoms with E-state index in [1.165, 1.54) is 5.56 Å². The van der Waals surface area contributed by atoms with E-state index in [4.69, 9.17) is 0 Å². The van der Waals surface area contributed by atoms with Crippen LogP contribution >= 0.6 is 0 Å². The van der Waals surface area contributed by atoms with Crippen LogP contribution < -0.4 is 5.32 Å². The molecule has 2 aromatic heterocycles. The predicted octanol–water partition coefficient (Wildman–Crippen LogP) is 2.77. The van der Waals surface area contributed by atoms with Crippen molar-refractivity contribution in [2.45, 2.75) is 20.0 Å². The Morgan fingerprint density at radius 2 is 2.10 bits per heavy atom. The van der Waals surface area contributed by atoms with Gasteiger partial charge in [-0.15, -0.1) is 0 Å². The highest BCUT2D eigenvalue weighted by Gasteiger charge is 2.06. The van der Waals surface area contributed by atoms with Crippen molar-refractivity contribution in [1.82, 2.24) is 14.5 Å². The van der Waals surface area contributed by atoms with Crippen molar-refractivity contribution in [2.75, 3.05) is 5.32 Å². The Morgan fingerprint density at radius 1 is 1.24 bits per heavy atom. The Balaban J connectivity index is 1.99. The molecule has 0 fully saturated rings. The average Bonchev–Trinajstić information content (AvgIpc) is 2.88. The Labute approximate surface area is 123 Å². The molecule has 0 aliphatic heterocycles. The van der Waals surface area contributed by atoms with Crippen LogP contribution in [0.25, 0.3) is 11.0 Å². The number of benzene rings is 1. The van der Waals surface area contributed by atoms with Gasteiger partial charge in [0.2, 0.25) is 0 Å². The summed E-state index contributed by atoms with van der Waals surface area (Å²) in [6.07, 6.45) is 4.46. The van der Waals surface area contributed by atoms with Crippen LogP contribution in [0.3, 0.4) is 0 Å². The maximum atomic E-state index is 9.29. The van der Waals surface area contributed by atoms with Crippen LogP contribution in [-0.2, 0) is 20.1 Å². The van der Waals surface area contributed by atoms with Crippen molar-refractivity contribution < 1.29 is 5.11 Å². The van der Waals surface area contributed by atoms with Gasteiger partial charge in [-0.25, -0.2) is 9.97 Å². The number of aliphatic hydroxyl groups is 1. The summed E-state index contributed by atoms with van der Waals surface area (Å²) in [4.78, 5) is 8.66. The minimum Gasteiger partial charge on any atom is -0.392 e. The number of fused-ring (bicyclic) bond motifs is 1. The molecule has 0 saturated carbocycles. The van der Waals surface area contributed by atoms with Gasteiger partial charge in [0.15, 0.2) is 0 Å². The van der Waals surface area contributed by atoms with Crippen LogP contribution in [0.5, 0.6) is 0 Å². The standard InChI is InChI=1S/C16H18N4O/c1-3-12-5-4-11(9-21)6-13(12)19-16-7-15-14(8-17-16)18-10-20(15)2/h4-8,10,21H,3,9H2,1-2H3,(H,17,19). The lowest BCUT2D eigenvalue weighted by Gasteiger charge is -2.12. The van der Waals surface area contributed by atoms with Gasteiger partial charge >= 0.3 is 0 Å². The molecule has 2 heterocycles. The van der Waals surface area contributed by atoms with Gasteiger partial charge in [0.05, 0.1) is 24.6 Å². The maximum Gasteiger partial charge on any atom is 0.132 e. The quantitative estimate of drug-likeness (QED) is 0.772. The first-order valence-corrected chi connectivity index (χ1v) is 6.98. The Kier molecular flexibility index (Phi) is 3.58. The third-order valence-electron chi connectivity index (χ3n) is 3.61. The van der Waals surface area contributed by atoms with Gasteiger partial charge in [-0.05, 0) is 23.6 Å². The maximum absolute atomic E-state index is 9.29. The van der Waals surface area contributed by atoms with E-state index in [1.807, 2.05) is 35.9 Å². The zero-order valence-corrected chi connectivity index (χ0v) is 12.2. The molecule has 0 aliphatic carbocycles. The number of aryl methyl sites for hydroxylation is 2. The Hall–Kier alpha value is -2.40. The highest BCUT2D eigenvalue weighted by Crippen LogP contribution is 2.24. The van der Waals surface area contributed by atoms with Crippen molar-refractivity contribution in [3.8, 4) is 0 Å². The van der Waals surface area contributed by atoms with E-state index in [0.717, 1.165) is 34.5 Å². The lowest BCUT2D eigenvalue weighted by molar-refractivity contribution is 0.282. The number of aliphatic hydroxyl groups excluding tert-OH is 1. The number of hydrogen-bond acceptors (Lipinski definition) is 4. The molecule has 3 rings (SSSR count). The minimum atomic E-state index is 0.0346. The number of nitrogens with one attached hydrogen (secondary N) is 1. The second kappa shape index (κ2) is 5.54. The number of anilines is 2. The fourth-order valence-electron chi connectivity index (χ4n) is 2.38. The zero-order valence-electron chi connectivity index (χ0n) is 12.2. The van der Waals surface area contributed by atoms with E-state index in [0.29, 0.717) is 0 Å². The fourth-order valence-corrected chi connectivity index (χ4v) is 2.38. The molecule has 21 heavy (non-hydrogen) atoms. The van der Waals surface area contributed by atoms with E-state index in [-0.39, 0.29) is 6.61 Å².